The molecular formula is C16H15ClFN3O2. The summed E-state index contributed by atoms with van der Waals surface area (Å²) in [5.41, 5.74) is -0.520. The first kappa shape index (κ1) is 14.6. The number of carbonyl (C=O) groups excluding carboxylic acids is 1. The fourth-order valence-corrected chi connectivity index (χ4v) is 3.85. The first-order valence-corrected chi connectivity index (χ1v) is 7.81. The first-order chi connectivity index (χ1) is 10.9. The van der Waals surface area contributed by atoms with Crippen molar-refractivity contribution < 1.29 is 13.9 Å². The van der Waals surface area contributed by atoms with E-state index in [4.69, 9.17) is 16.3 Å². The molecule has 0 radical (unpaired) electrons. The Morgan fingerprint density at radius 3 is 2.74 bits per heavy atom. The van der Waals surface area contributed by atoms with Gasteiger partial charge in [0.1, 0.15) is 10.8 Å². The van der Waals surface area contributed by atoms with E-state index in [0.29, 0.717) is 43.1 Å². The smallest absolute Gasteiger partial charge is 0.233 e. The second kappa shape index (κ2) is 4.77. The predicted octanol–water partition coefficient (Wildman–Crippen LogP) is 3.39. The van der Waals surface area contributed by atoms with E-state index in [1.165, 1.54) is 11.6 Å². The Bertz CT molecular complexity index is 785. The summed E-state index contributed by atoms with van der Waals surface area (Å²) in [6.07, 6.45) is 3.51. The number of pyridine rings is 1. The molecule has 0 amide bonds. The third-order valence-electron chi connectivity index (χ3n) is 4.61. The summed E-state index contributed by atoms with van der Waals surface area (Å²) < 4.78 is 20.7. The maximum atomic E-state index is 13.5. The lowest BCUT2D eigenvalue weighted by Crippen LogP contribution is -2.66. The van der Waals surface area contributed by atoms with Crippen molar-refractivity contribution in [1.29, 1.82) is 0 Å². The molecule has 5 nitrogen and oxygen atoms in total. The average Bonchev–Trinajstić information content (AvgIpc) is 2.89. The van der Waals surface area contributed by atoms with Gasteiger partial charge in [0.25, 0.3) is 0 Å². The molecular weight excluding hydrogens is 321 g/mol. The summed E-state index contributed by atoms with van der Waals surface area (Å²) in [6, 6.07) is 5.02. The van der Waals surface area contributed by atoms with Gasteiger partial charge in [0.05, 0.1) is 12.2 Å². The quantitative estimate of drug-likeness (QED) is 0.620. The molecule has 0 aliphatic heterocycles. The number of hydrogen-bond donors (Lipinski definition) is 0. The highest BCUT2D eigenvalue weighted by Gasteiger charge is 2.69. The summed E-state index contributed by atoms with van der Waals surface area (Å²) in [5, 5.41) is 4.44. The third kappa shape index (κ3) is 2.41. The van der Waals surface area contributed by atoms with Gasteiger partial charge in [-0.3, -0.25) is 4.79 Å². The van der Waals surface area contributed by atoms with Crippen molar-refractivity contribution >= 4 is 17.4 Å². The summed E-state index contributed by atoms with van der Waals surface area (Å²) in [5.74, 6) is 0.835. The van der Waals surface area contributed by atoms with Crippen LogP contribution >= 0.6 is 11.6 Å². The van der Waals surface area contributed by atoms with Gasteiger partial charge in [-0.1, -0.05) is 11.6 Å². The lowest BCUT2D eigenvalue weighted by Gasteiger charge is -2.65. The molecule has 3 aliphatic carbocycles. The van der Waals surface area contributed by atoms with Crippen LogP contribution in [0.4, 0.5) is 4.39 Å². The number of ether oxygens (including phenoxy) is 1. The van der Waals surface area contributed by atoms with E-state index in [2.05, 4.69) is 10.1 Å². The van der Waals surface area contributed by atoms with Crippen LogP contribution in [0.15, 0.2) is 24.4 Å². The molecule has 3 saturated carbocycles. The highest BCUT2D eigenvalue weighted by molar-refractivity contribution is 6.32. The Hall–Kier alpha value is -1.95. The Kier molecular flexibility index (Phi) is 3.04. The molecule has 120 valence electrons. The summed E-state index contributed by atoms with van der Waals surface area (Å²) in [4.78, 5) is 15.5. The van der Waals surface area contributed by atoms with Crippen molar-refractivity contribution in [3.63, 3.8) is 0 Å². The number of halogens is 2. The maximum Gasteiger partial charge on any atom is 0.233 e. The van der Waals surface area contributed by atoms with Crippen molar-refractivity contribution in [3.05, 3.63) is 35.1 Å². The number of Topliss-reactive ketones (excluding diaryl/α,β-unsaturated/α-hetero) is 1. The molecule has 2 aromatic heterocycles. The van der Waals surface area contributed by atoms with Crippen LogP contribution in [0.25, 0.3) is 5.82 Å². The number of rotatable bonds is 5. The van der Waals surface area contributed by atoms with Gasteiger partial charge in [0.2, 0.25) is 5.88 Å². The third-order valence-corrected chi connectivity index (χ3v) is 4.90. The Morgan fingerprint density at radius 1 is 1.39 bits per heavy atom. The van der Waals surface area contributed by atoms with Crippen LogP contribution in [0.3, 0.4) is 0 Å². The summed E-state index contributed by atoms with van der Waals surface area (Å²) in [6.45, 7) is 1.93. The number of carbonyl (C=O) groups is 1. The fraction of sp³-hybridized carbons (Fsp3) is 0.438. The predicted molar refractivity (Wildman–Crippen MR) is 82.0 cm³/mol. The summed E-state index contributed by atoms with van der Waals surface area (Å²) in [7, 11) is 0. The number of nitrogens with zero attached hydrogens (tertiary/aromatic N) is 3. The van der Waals surface area contributed by atoms with Gasteiger partial charge in [-0.05, 0) is 38.3 Å². The van der Waals surface area contributed by atoms with Gasteiger partial charge in [0, 0.05) is 17.7 Å². The lowest BCUT2D eigenvalue weighted by atomic mass is 9.43. The largest absolute Gasteiger partial charge is 0.476 e. The van der Waals surface area contributed by atoms with Gasteiger partial charge in [-0.2, -0.15) is 0 Å². The Balaban J connectivity index is 1.45. The Morgan fingerprint density at radius 2 is 2.13 bits per heavy atom. The zero-order valence-corrected chi connectivity index (χ0v) is 13.3. The number of aromatic nitrogens is 3. The van der Waals surface area contributed by atoms with Crippen molar-refractivity contribution in [1.82, 2.24) is 14.8 Å². The summed E-state index contributed by atoms with van der Waals surface area (Å²) >= 11 is 6.01. The molecule has 2 heterocycles. The SMILES string of the molecule is CC(=O)c1ccc(-n2ccc(OCC34CC(F)(C3)C4)n2)nc1Cl. The zero-order chi connectivity index (χ0) is 16.2. The number of alkyl halides is 1. The van der Waals surface area contributed by atoms with Crippen LogP contribution in [0.5, 0.6) is 5.88 Å². The molecule has 7 heteroatoms. The molecule has 5 rings (SSSR count). The van der Waals surface area contributed by atoms with E-state index < -0.39 is 5.67 Å². The molecule has 0 aromatic carbocycles. The number of hydrogen-bond acceptors (Lipinski definition) is 4. The van der Waals surface area contributed by atoms with Crippen molar-refractivity contribution in [2.45, 2.75) is 31.9 Å². The van der Waals surface area contributed by atoms with E-state index in [1.807, 2.05) is 0 Å². The molecule has 0 unspecified atom stereocenters. The van der Waals surface area contributed by atoms with Crippen molar-refractivity contribution in [2.75, 3.05) is 6.61 Å². The van der Waals surface area contributed by atoms with Gasteiger partial charge in [-0.15, -0.1) is 5.10 Å². The molecule has 23 heavy (non-hydrogen) atoms. The van der Waals surface area contributed by atoms with Crippen LogP contribution < -0.4 is 4.74 Å². The van der Waals surface area contributed by atoms with Crippen LogP contribution in [0.2, 0.25) is 5.15 Å². The molecule has 0 spiro atoms. The molecule has 3 aliphatic rings. The average molecular weight is 336 g/mol. The second-order valence-corrected chi connectivity index (χ2v) is 6.99. The molecule has 0 N–H and O–H groups in total. The van der Waals surface area contributed by atoms with Gasteiger partial charge in [0.15, 0.2) is 11.6 Å². The normalized spacial score (nSPS) is 28.0. The minimum atomic E-state index is -0.915. The van der Waals surface area contributed by atoms with E-state index in [-0.39, 0.29) is 16.4 Å². The maximum absolute atomic E-state index is 13.5. The zero-order valence-electron chi connectivity index (χ0n) is 12.6. The van der Waals surface area contributed by atoms with Gasteiger partial charge < -0.3 is 4.74 Å². The molecule has 3 fully saturated rings. The first-order valence-electron chi connectivity index (χ1n) is 7.44. The highest BCUT2D eigenvalue weighted by atomic mass is 35.5. The molecule has 2 aromatic rings. The highest BCUT2D eigenvalue weighted by Crippen LogP contribution is 2.69. The molecule has 0 atom stereocenters. The lowest BCUT2D eigenvalue weighted by molar-refractivity contribution is -0.226. The van der Waals surface area contributed by atoms with Crippen LogP contribution in [-0.2, 0) is 0 Å². The fourth-order valence-electron chi connectivity index (χ4n) is 3.57. The van der Waals surface area contributed by atoms with E-state index in [0.717, 1.165) is 0 Å². The van der Waals surface area contributed by atoms with Gasteiger partial charge in [-0.25, -0.2) is 14.1 Å². The minimum Gasteiger partial charge on any atom is -0.476 e. The van der Waals surface area contributed by atoms with E-state index >= 15 is 0 Å². The molecule has 2 bridgehead atoms. The van der Waals surface area contributed by atoms with Crippen molar-refractivity contribution in [3.8, 4) is 11.7 Å². The second-order valence-electron chi connectivity index (χ2n) is 6.63. The van der Waals surface area contributed by atoms with Gasteiger partial charge >= 0.3 is 0 Å². The van der Waals surface area contributed by atoms with Crippen molar-refractivity contribution in [2.24, 2.45) is 5.41 Å². The van der Waals surface area contributed by atoms with E-state index in [1.54, 1.807) is 24.4 Å². The minimum absolute atomic E-state index is 0.0171. The monoisotopic (exact) mass is 335 g/mol. The topological polar surface area (TPSA) is 57.0 Å². The number of ketones is 1. The van der Waals surface area contributed by atoms with Crippen LogP contribution in [0, 0.1) is 5.41 Å². The van der Waals surface area contributed by atoms with E-state index in [9.17, 15) is 9.18 Å². The van der Waals surface area contributed by atoms with Crippen LogP contribution in [0.1, 0.15) is 36.5 Å². The Labute approximate surface area is 137 Å². The van der Waals surface area contributed by atoms with Crippen LogP contribution in [-0.4, -0.2) is 32.8 Å². The molecule has 0 saturated heterocycles. The standard InChI is InChI=1S/C16H15ClFN3O2/c1-10(22)11-2-3-12(19-14(11)17)21-5-4-13(20-21)23-9-15-6-16(18,7-15)8-15/h2-5H,6-9H2,1H3.